The predicted molar refractivity (Wildman–Crippen MR) is 178 cm³/mol. The molecule has 0 radical (unpaired) electrons. The molecule has 3 aliphatic carbocycles. The number of morpholine rings is 1. The molecule has 0 bridgehead atoms. The van der Waals surface area contributed by atoms with Crippen molar-refractivity contribution in [1.82, 2.24) is 25.3 Å². The summed E-state index contributed by atoms with van der Waals surface area (Å²) in [5.41, 5.74) is -1.30. The molecule has 4 fully saturated rings. The van der Waals surface area contributed by atoms with Gasteiger partial charge in [-0.25, -0.2) is 8.78 Å². The van der Waals surface area contributed by atoms with Gasteiger partial charge in [-0.3, -0.25) is 23.9 Å². The second-order valence-corrected chi connectivity index (χ2v) is 14.1. The molecule has 0 unspecified atom stereocenters. The quantitative estimate of drug-likeness (QED) is 0.306. The lowest BCUT2D eigenvalue weighted by Crippen LogP contribution is -2.49. The van der Waals surface area contributed by atoms with Crippen molar-refractivity contribution in [3.8, 4) is 0 Å². The summed E-state index contributed by atoms with van der Waals surface area (Å²) in [6, 6.07) is 5.01. The summed E-state index contributed by atoms with van der Waals surface area (Å²) in [5, 5.41) is 12.5. The highest BCUT2D eigenvalue weighted by Crippen LogP contribution is 2.40. The van der Waals surface area contributed by atoms with Gasteiger partial charge in [0.1, 0.15) is 23.3 Å². The number of nitrogens with one attached hydrogen (secondary N) is 3. The Balaban J connectivity index is 1.22. The molecule has 1 aromatic heterocycles. The van der Waals surface area contributed by atoms with Gasteiger partial charge in [0.25, 0.3) is 17.7 Å². The van der Waals surface area contributed by atoms with E-state index in [9.17, 15) is 23.6 Å². The number of ether oxygens (including phenoxy) is 1. The van der Waals surface area contributed by atoms with Gasteiger partial charge in [0.05, 0.1) is 24.9 Å². The Morgan fingerprint density at radius 3 is 2.35 bits per heavy atom. The third kappa shape index (κ3) is 7.87. The fraction of sp³-hybridized carbons (Fsp3) is 0.583. The molecular weight excluding hydrogens is 634 g/mol. The molecule has 264 valence electrons. The topological polar surface area (TPSA) is 135 Å². The minimum Gasteiger partial charge on any atom is -0.378 e. The van der Waals surface area contributed by atoms with Crippen LogP contribution in [0.3, 0.4) is 0 Å². The van der Waals surface area contributed by atoms with Gasteiger partial charge < -0.3 is 25.6 Å². The second kappa shape index (κ2) is 14.8. The van der Waals surface area contributed by atoms with Gasteiger partial charge in [-0.15, -0.1) is 0 Å². The van der Waals surface area contributed by atoms with Crippen LogP contribution in [-0.2, 0) is 19.1 Å². The summed E-state index contributed by atoms with van der Waals surface area (Å²) in [6.07, 6.45) is 9.14. The molecule has 3 saturated carbocycles. The zero-order valence-corrected chi connectivity index (χ0v) is 28.2. The SMILES string of the molecule is C/C(=C(\NC(=O)C1(F)CC1)C(=O)N1CCOCC1)c1ccc(NC(=O)[C@@H](NC(=O)c2ccnn2C2CCCC2)[C@H]2CC[C@H](C)CC2)c(F)c1. The molecule has 11 nitrogen and oxygen atoms in total. The van der Waals surface area contributed by atoms with Crippen LogP contribution < -0.4 is 16.0 Å². The van der Waals surface area contributed by atoms with Gasteiger partial charge in [0.2, 0.25) is 5.91 Å². The first-order valence-electron chi connectivity index (χ1n) is 17.6. The maximum atomic E-state index is 15.7. The lowest BCUT2D eigenvalue weighted by molar-refractivity contribution is -0.134. The van der Waals surface area contributed by atoms with Crippen molar-refractivity contribution in [3.63, 3.8) is 0 Å². The number of hydrogen-bond donors (Lipinski definition) is 3. The fourth-order valence-corrected chi connectivity index (χ4v) is 7.16. The van der Waals surface area contributed by atoms with Gasteiger partial charge >= 0.3 is 0 Å². The van der Waals surface area contributed by atoms with E-state index in [-0.39, 0.29) is 53.2 Å². The van der Waals surface area contributed by atoms with Crippen molar-refractivity contribution < 1.29 is 32.7 Å². The molecule has 3 N–H and O–H groups in total. The molecule has 4 amide bonds. The summed E-state index contributed by atoms with van der Waals surface area (Å²) in [7, 11) is 0. The Morgan fingerprint density at radius 1 is 1.00 bits per heavy atom. The highest BCUT2D eigenvalue weighted by atomic mass is 19.1. The van der Waals surface area contributed by atoms with E-state index in [1.54, 1.807) is 23.9 Å². The third-order valence-corrected chi connectivity index (χ3v) is 10.6. The molecule has 4 aliphatic rings. The Morgan fingerprint density at radius 2 is 1.69 bits per heavy atom. The van der Waals surface area contributed by atoms with E-state index in [1.165, 1.54) is 23.1 Å². The van der Waals surface area contributed by atoms with E-state index >= 15 is 4.39 Å². The summed E-state index contributed by atoms with van der Waals surface area (Å²) >= 11 is 0. The first-order chi connectivity index (χ1) is 23.5. The molecule has 2 aromatic rings. The van der Waals surface area contributed by atoms with E-state index < -0.39 is 35.2 Å². The monoisotopic (exact) mass is 680 g/mol. The number of halogens is 2. The van der Waals surface area contributed by atoms with Crippen LogP contribution in [0.4, 0.5) is 14.5 Å². The molecule has 1 aromatic carbocycles. The maximum absolute atomic E-state index is 15.7. The maximum Gasteiger partial charge on any atom is 0.270 e. The molecule has 49 heavy (non-hydrogen) atoms. The zero-order chi connectivity index (χ0) is 34.7. The highest BCUT2D eigenvalue weighted by Gasteiger charge is 2.51. The second-order valence-electron chi connectivity index (χ2n) is 14.1. The average molecular weight is 681 g/mol. The van der Waals surface area contributed by atoms with Crippen LogP contribution in [0, 0.1) is 17.7 Å². The van der Waals surface area contributed by atoms with Crippen molar-refractivity contribution in [3.05, 3.63) is 53.2 Å². The Labute approximate surface area is 285 Å². The van der Waals surface area contributed by atoms with E-state index in [2.05, 4.69) is 28.0 Å². The summed E-state index contributed by atoms with van der Waals surface area (Å²) in [4.78, 5) is 55.1. The molecule has 13 heteroatoms. The van der Waals surface area contributed by atoms with E-state index in [0.717, 1.165) is 51.4 Å². The van der Waals surface area contributed by atoms with Gasteiger partial charge in [0.15, 0.2) is 5.67 Å². The minimum absolute atomic E-state index is 0.0748. The van der Waals surface area contributed by atoms with E-state index in [4.69, 9.17) is 4.74 Å². The van der Waals surface area contributed by atoms with Crippen LogP contribution in [0.5, 0.6) is 0 Å². The zero-order valence-electron chi connectivity index (χ0n) is 28.2. The molecule has 1 aliphatic heterocycles. The number of carbonyl (C=O) groups is 4. The van der Waals surface area contributed by atoms with E-state index in [0.29, 0.717) is 37.9 Å². The van der Waals surface area contributed by atoms with E-state index in [1.807, 2.05) is 0 Å². The van der Waals surface area contributed by atoms with Crippen molar-refractivity contribution >= 4 is 34.9 Å². The van der Waals surface area contributed by atoms with Gasteiger partial charge in [-0.05, 0) is 86.6 Å². The van der Waals surface area contributed by atoms with Crippen LogP contribution in [-0.4, -0.2) is 76.3 Å². The van der Waals surface area contributed by atoms with Gasteiger partial charge in [0, 0.05) is 19.3 Å². The number of carbonyl (C=O) groups excluding carboxylic acids is 4. The summed E-state index contributed by atoms with van der Waals surface area (Å²) < 4.78 is 37.4. The Hall–Kier alpha value is -4.13. The minimum atomic E-state index is -2.02. The number of alkyl halides is 1. The number of hydrogen-bond acceptors (Lipinski definition) is 6. The molecular formula is C36H46F2N6O5. The summed E-state index contributed by atoms with van der Waals surface area (Å²) in [5.74, 6) is -2.69. The predicted octanol–water partition coefficient (Wildman–Crippen LogP) is 4.91. The van der Waals surface area contributed by atoms with Crippen LogP contribution in [0.25, 0.3) is 5.57 Å². The van der Waals surface area contributed by atoms with Crippen LogP contribution >= 0.6 is 0 Å². The lowest BCUT2D eigenvalue weighted by Gasteiger charge is -2.32. The number of aromatic nitrogens is 2. The Bertz CT molecular complexity index is 1600. The number of allylic oxidation sites excluding steroid dienone is 1. The van der Waals surface area contributed by atoms with Gasteiger partial charge in [-0.2, -0.15) is 5.10 Å². The first-order valence-corrected chi connectivity index (χ1v) is 17.6. The number of amides is 4. The largest absolute Gasteiger partial charge is 0.378 e. The standard InChI is InChI=1S/C36H46F2N6O5/c1-22-7-9-24(10-8-22)31(41-32(45)29-13-16-39-44(29)26-5-3-4-6-26)33(46)40-28-12-11-25(21-27(28)37)23(2)30(42-35(48)36(38)14-15-36)34(47)43-17-19-49-20-18-43/h11-13,16,21-22,24,26,31H,3-10,14-15,17-20H2,1-2H3,(H,40,46)(H,41,45)(H,42,48)/b30-23+/t22-,24-,31-/m0/s1. The summed E-state index contributed by atoms with van der Waals surface area (Å²) in [6.45, 7) is 4.98. The number of nitrogens with zero attached hydrogens (tertiary/aromatic N) is 3. The third-order valence-electron chi connectivity index (χ3n) is 10.6. The molecule has 2 heterocycles. The van der Waals surface area contributed by atoms with Crippen molar-refractivity contribution in [1.29, 1.82) is 0 Å². The molecule has 6 rings (SSSR count). The number of benzene rings is 1. The van der Waals surface area contributed by atoms with Gasteiger partial charge in [-0.1, -0.05) is 38.7 Å². The van der Waals surface area contributed by atoms with Crippen molar-refractivity contribution in [2.45, 2.75) is 95.8 Å². The van der Waals surface area contributed by atoms with Crippen LogP contribution in [0.2, 0.25) is 0 Å². The van der Waals surface area contributed by atoms with Crippen molar-refractivity contribution in [2.24, 2.45) is 11.8 Å². The lowest BCUT2D eigenvalue weighted by atomic mass is 9.79. The Kier molecular flexibility index (Phi) is 10.5. The number of anilines is 1. The molecule has 1 saturated heterocycles. The molecule has 1 atom stereocenters. The normalized spacial score (nSPS) is 23.3. The number of rotatable bonds is 10. The van der Waals surface area contributed by atoms with Crippen LogP contribution in [0.15, 0.2) is 36.2 Å². The first kappa shape index (κ1) is 34.7. The molecule has 0 spiro atoms. The average Bonchev–Trinajstić information content (AvgIpc) is 3.44. The fourth-order valence-electron chi connectivity index (χ4n) is 7.16. The van der Waals surface area contributed by atoms with Crippen LogP contribution in [0.1, 0.15) is 100 Å². The van der Waals surface area contributed by atoms with Crippen molar-refractivity contribution in [2.75, 3.05) is 31.6 Å². The smallest absolute Gasteiger partial charge is 0.270 e. The highest BCUT2D eigenvalue weighted by molar-refractivity contribution is 6.06.